The van der Waals surface area contributed by atoms with Gasteiger partial charge in [0.15, 0.2) is 0 Å². The molecule has 9 nitrogen and oxygen atoms in total. The number of rotatable bonds is 8. The smallest absolute Gasteiger partial charge is 0.334 e. The van der Waals surface area contributed by atoms with E-state index in [0.29, 0.717) is 26.1 Å². The lowest BCUT2D eigenvalue weighted by atomic mass is 9.98. The molecule has 0 aliphatic carbocycles. The number of para-hydroxylation sites is 1. The van der Waals surface area contributed by atoms with Gasteiger partial charge in [0, 0.05) is 32.3 Å². The maximum absolute atomic E-state index is 14.2. The van der Waals surface area contributed by atoms with Crippen molar-refractivity contribution >= 4 is 28.7 Å². The first-order valence-electron chi connectivity index (χ1n) is 14.2. The van der Waals surface area contributed by atoms with Crippen LogP contribution in [0.5, 0.6) is 0 Å². The van der Waals surface area contributed by atoms with Crippen LogP contribution in [-0.4, -0.2) is 74.5 Å². The Balaban J connectivity index is 1.36. The zero-order valence-electron chi connectivity index (χ0n) is 23.4. The van der Waals surface area contributed by atoms with Crippen molar-refractivity contribution in [2.24, 2.45) is 0 Å². The molecule has 42 heavy (non-hydrogen) atoms. The zero-order valence-corrected chi connectivity index (χ0v) is 23.4. The molecule has 1 aromatic heterocycles. The van der Waals surface area contributed by atoms with E-state index in [9.17, 15) is 14.4 Å². The molecule has 0 bridgehead atoms. The van der Waals surface area contributed by atoms with Gasteiger partial charge in [-0.15, -0.1) is 6.58 Å². The van der Waals surface area contributed by atoms with Crippen molar-refractivity contribution in [2.45, 2.75) is 31.7 Å². The van der Waals surface area contributed by atoms with Gasteiger partial charge < -0.3 is 20.1 Å². The quantitative estimate of drug-likeness (QED) is 0.319. The summed E-state index contributed by atoms with van der Waals surface area (Å²) in [6.07, 6.45) is 3.24. The lowest BCUT2D eigenvalue weighted by molar-refractivity contribution is -0.189. The van der Waals surface area contributed by atoms with Crippen LogP contribution in [0.3, 0.4) is 0 Å². The van der Waals surface area contributed by atoms with E-state index < -0.39 is 12.2 Å². The average Bonchev–Trinajstić information content (AvgIpc) is 3.49. The van der Waals surface area contributed by atoms with Gasteiger partial charge in [-0.1, -0.05) is 84.9 Å². The van der Waals surface area contributed by atoms with Gasteiger partial charge in [0.2, 0.25) is 11.8 Å². The highest BCUT2D eigenvalue weighted by Crippen LogP contribution is 2.30. The Morgan fingerprint density at radius 3 is 2.43 bits per heavy atom. The van der Waals surface area contributed by atoms with Crippen LogP contribution in [0.4, 0.5) is 4.79 Å². The third-order valence-corrected chi connectivity index (χ3v) is 7.97. The van der Waals surface area contributed by atoms with E-state index in [-0.39, 0.29) is 30.9 Å². The summed E-state index contributed by atoms with van der Waals surface area (Å²) in [6.45, 7) is 5.01. The molecule has 2 atom stereocenters. The Morgan fingerprint density at radius 2 is 1.69 bits per heavy atom. The second kappa shape index (κ2) is 11.9. The molecular formula is C33H34N6O3. The third-order valence-electron chi connectivity index (χ3n) is 7.97. The molecule has 6 rings (SSSR count). The Kier molecular flexibility index (Phi) is 7.74. The number of carbonyl (C=O) groups excluding carboxylic acids is 3. The molecule has 0 saturated carbocycles. The fourth-order valence-corrected chi connectivity index (χ4v) is 6.02. The molecule has 4 aromatic rings. The molecule has 0 spiro atoms. The molecule has 0 unspecified atom stereocenters. The Labute approximate surface area is 245 Å². The van der Waals surface area contributed by atoms with Crippen molar-refractivity contribution in [3.8, 4) is 0 Å². The van der Waals surface area contributed by atoms with Crippen LogP contribution in [0.1, 0.15) is 16.7 Å². The van der Waals surface area contributed by atoms with Crippen LogP contribution in [0.25, 0.3) is 10.9 Å². The number of nitrogens with zero attached hydrogens (tertiary/aromatic N) is 4. The van der Waals surface area contributed by atoms with Crippen molar-refractivity contribution in [2.75, 3.05) is 19.6 Å². The molecule has 2 aliphatic heterocycles. The average molecular weight is 563 g/mol. The standard InChI is InChI=1S/C33H34N6O3/c1-2-18-37-23-30(40)38-28(19-24-10-5-3-6-11-24)32(41)36(21-27-15-9-14-26-16-17-34-31(26)27)22-29(38)39(37)33(42)35-20-25-12-7-4-8-13-25/h2-17,28-29,34H,1,18-23H2,(H,35,42)/t28-,29-/m0/s1. The summed E-state index contributed by atoms with van der Waals surface area (Å²) in [4.78, 5) is 48.5. The Morgan fingerprint density at radius 1 is 0.952 bits per heavy atom. The van der Waals surface area contributed by atoms with Gasteiger partial charge in [0.25, 0.3) is 0 Å². The molecule has 2 saturated heterocycles. The number of hydrogen-bond donors (Lipinski definition) is 2. The summed E-state index contributed by atoms with van der Waals surface area (Å²) < 4.78 is 0. The SMILES string of the molecule is C=CCN1CC(=O)N2[C@@H](Cc3ccccc3)C(=O)N(Cc3cccc4cc[nH]c34)C[C@@H]2N1C(=O)NCc1ccccc1. The molecule has 2 N–H and O–H groups in total. The van der Waals surface area contributed by atoms with Crippen LogP contribution in [0.2, 0.25) is 0 Å². The number of aromatic nitrogens is 1. The number of benzene rings is 3. The number of carbonyl (C=O) groups is 3. The van der Waals surface area contributed by atoms with Gasteiger partial charge in [0.05, 0.1) is 18.6 Å². The van der Waals surface area contributed by atoms with E-state index in [4.69, 9.17) is 0 Å². The van der Waals surface area contributed by atoms with Gasteiger partial charge in [-0.05, 0) is 28.1 Å². The van der Waals surface area contributed by atoms with Gasteiger partial charge >= 0.3 is 6.03 Å². The maximum atomic E-state index is 14.2. The fourth-order valence-electron chi connectivity index (χ4n) is 6.02. The molecule has 3 aromatic carbocycles. The molecule has 3 heterocycles. The van der Waals surface area contributed by atoms with E-state index in [2.05, 4.69) is 16.9 Å². The second-order valence-corrected chi connectivity index (χ2v) is 10.7. The number of urea groups is 1. The number of H-pyrrole nitrogens is 1. The van der Waals surface area contributed by atoms with Crippen molar-refractivity contribution in [1.29, 1.82) is 0 Å². The molecule has 9 heteroatoms. The molecule has 0 radical (unpaired) electrons. The number of nitrogens with one attached hydrogen (secondary N) is 2. The highest BCUT2D eigenvalue weighted by atomic mass is 16.2. The third kappa shape index (κ3) is 5.38. The zero-order chi connectivity index (χ0) is 29.1. The molecule has 2 fully saturated rings. The van der Waals surface area contributed by atoms with Crippen molar-refractivity contribution in [3.63, 3.8) is 0 Å². The number of hydrogen-bond acceptors (Lipinski definition) is 4. The van der Waals surface area contributed by atoms with Gasteiger partial charge in [0.1, 0.15) is 12.2 Å². The normalized spacial score (nSPS) is 19.2. The minimum absolute atomic E-state index is 0.0262. The van der Waals surface area contributed by atoms with Gasteiger partial charge in [-0.2, -0.15) is 0 Å². The van der Waals surface area contributed by atoms with Crippen molar-refractivity contribution in [3.05, 3.63) is 120 Å². The minimum Gasteiger partial charge on any atom is -0.361 e. The number of amides is 4. The maximum Gasteiger partial charge on any atom is 0.334 e. The summed E-state index contributed by atoms with van der Waals surface area (Å²) in [5.41, 5.74) is 3.86. The Hall–Kier alpha value is -4.89. The second-order valence-electron chi connectivity index (χ2n) is 10.7. The van der Waals surface area contributed by atoms with Crippen LogP contribution in [0, 0.1) is 0 Å². The predicted octanol–water partition coefficient (Wildman–Crippen LogP) is 3.90. The lowest BCUT2D eigenvalue weighted by Gasteiger charge is -2.55. The van der Waals surface area contributed by atoms with Crippen molar-refractivity contribution < 1.29 is 14.4 Å². The van der Waals surface area contributed by atoms with Gasteiger partial charge in [-0.3, -0.25) is 9.59 Å². The van der Waals surface area contributed by atoms with Crippen LogP contribution in [-0.2, 0) is 29.1 Å². The van der Waals surface area contributed by atoms with E-state index >= 15 is 0 Å². The number of piperazine rings is 1. The number of aromatic amines is 1. The molecular weight excluding hydrogens is 528 g/mol. The topological polar surface area (TPSA) is 92.0 Å². The fraction of sp³-hybridized carbons (Fsp3) is 0.242. The van der Waals surface area contributed by atoms with E-state index in [1.54, 1.807) is 25.9 Å². The summed E-state index contributed by atoms with van der Waals surface area (Å²) in [6, 6.07) is 26.3. The highest BCUT2D eigenvalue weighted by Gasteiger charge is 2.51. The first-order valence-corrected chi connectivity index (χ1v) is 14.2. The first-order chi connectivity index (χ1) is 20.5. The molecule has 214 valence electrons. The largest absolute Gasteiger partial charge is 0.361 e. The summed E-state index contributed by atoms with van der Waals surface area (Å²) in [7, 11) is 0. The number of hydrazine groups is 1. The summed E-state index contributed by atoms with van der Waals surface area (Å²) in [5, 5.41) is 7.42. The Bertz CT molecular complexity index is 1590. The van der Waals surface area contributed by atoms with Crippen LogP contribution >= 0.6 is 0 Å². The molecule has 2 aliphatic rings. The van der Waals surface area contributed by atoms with E-state index in [1.807, 2.05) is 91.1 Å². The summed E-state index contributed by atoms with van der Waals surface area (Å²) in [5.74, 6) is -0.316. The monoisotopic (exact) mass is 562 g/mol. The highest BCUT2D eigenvalue weighted by molar-refractivity contribution is 5.92. The lowest BCUT2D eigenvalue weighted by Crippen LogP contribution is -2.76. The first kappa shape index (κ1) is 27.3. The van der Waals surface area contributed by atoms with Crippen LogP contribution < -0.4 is 5.32 Å². The number of fused-ring (bicyclic) bond motifs is 2. The van der Waals surface area contributed by atoms with E-state index in [1.165, 1.54) is 0 Å². The minimum atomic E-state index is -0.753. The molecule has 4 amide bonds. The van der Waals surface area contributed by atoms with Gasteiger partial charge in [-0.25, -0.2) is 14.8 Å². The van der Waals surface area contributed by atoms with E-state index in [0.717, 1.165) is 27.6 Å². The summed E-state index contributed by atoms with van der Waals surface area (Å²) >= 11 is 0. The van der Waals surface area contributed by atoms with Crippen LogP contribution in [0.15, 0.2) is 104 Å². The predicted molar refractivity (Wildman–Crippen MR) is 161 cm³/mol. The van der Waals surface area contributed by atoms with Crippen molar-refractivity contribution in [1.82, 2.24) is 30.1 Å².